The van der Waals surface area contributed by atoms with Crippen LogP contribution in [0.4, 0.5) is 24.5 Å². The topological polar surface area (TPSA) is 144 Å². The largest absolute Gasteiger partial charge is 0.423 e. The average Bonchev–Trinajstić information content (AvgIpc) is 2.74. The number of hydrogen-bond donors (Lipinski definition) is 3. The third-order valence-corrected chi connectivity index (χ3v) is 2.55. The molecule has 0 radical (unpaired) electrons. The minimum absolute atomic E-state index is 0.0353. The maximum atomic E-state index is 12.8. The quantitative estimate of drug-likeness (QED) is 0.563. The van der Waals surface area contributed by atoms with Gasteiger partial charge in [-0.2, -0.15) is 18.3 Å². The first kappa shape index (κ1) is 15.2. The van der Waals surface area contributed by atoms with Crippen LogP contribution in [0.1, 0.15) is 5.56 Å². The lowest BCUT2D eigenvalue weighted by atomic mass is 10.1. The summed E-state index contributed by atoms with van der Waals surface area (Å²) in [6.45, 7) is 0. The fraction of sp³-hybridized carbons (Fsp3) is 0.100. The van der Waals surface area contributed by atoms with Crippen LogP contribution in [0, 0.1) is 10.1 Å². The van der Waals surface area contributed by atoms with E-state index in [1.54, 1.807) is 0 Å². The van der Waals surface area contributed by atoms with Gasteiger partial charge in [-0.05, 0) is 12.1 Å². The molecule has 1 heterocycles. The van der Waals surface area contributed by atoms with E-state index in [-0.39, 0.29) is 23.1 Å². The van der Waals surface area contributed by atoms with Gasteiger partial charge in [0.2, 0.25) is 0 Å². The van der Waals surface area contributed by atoms with Crippen LogP contribution in [-0.4, -0.2) is 22.3 Å². The van der Waals surface area contributed by atoms with Crippen molar-refractivity contribution in [2.45, 2.75) is 6.18 Å². The van der Waals surface area contributed by atoms with Crippen molar-refractivity contribution in [3.05, 3.63) is 33.9 Å². The smallest absolute Gasteiger partial charge is 0.380 e. The Labute approximate surface area is 120 Å². The van der Waals surface area contributed by atoms with Crippen molar-refractivity contribution >= 4 is 28.8 Å². The standard InChI is InChI=1S/C10H8F3N7O2/c11-10(12,13)5-3-4(1-2-6(5)20(21)22)16-17-7-8(14)18-19-9(7)15/h1-3,16H,(H4,14,15,17,18,19). The number of nitrogens with one attached hydrogen (secondary N) is 1. The van der Waals surface area contributed by atoms with E-state index in [1.807, 2.05) is 0 Å². The number of nitrogens with zero attached hydrogens (tertiary/aromatic N) is 4. The molecule has 0 bridgehead atoms. The molecule has 1 aromatic rings. The van der Waals surface area contributed by atoms with Gasteiger partial charge in [-0.1, -0.05) is 0 Å². The Morgan fingerprint density at radius 3 is 2.32 bits per heavy atom. The molecule has 2 rings (SSSR count). The number of rotatable bonds is 3. The van der Waals surface area contributed by atoms with Crippen LogP contribution in [0.2, 0.25) is 0 Å². The molecule has 22 heavy (non-hydrogen) atoms. The number of halogens is 3. The second-order valence-electron chi connectivity index (χ2n) is 4.03. The summed E-state index contributed by atoms with van der Waals surface area (Å²) in [6.07, 6.45) is -4.89. The lowest BCUT2D eigenvalue weighted by Gasteiger charge is -2.09. The van der Waals surface area contributed by atoms with Gasteiger partial charge >= 0.3 is 6.18 Å². The molecule has 12 heteroatoms. The van der Waals surface area contributed by atoms with E-state index in [0.29, 0.717) is 6.07 Å². The normalized spacial score (nSPS) is 14.4. The highest BCUT2D eigenvalue weighted by Gasteiger charge is 2.38. The first-order chi connectivity index (χ1) is 10.2. The first-order valence-electron chi connectivity index (χ1n) is 5.57. The van der Waals surface area contributed by atoms with Crippen LogP contribution in [-0.2, 0) is 6.18 Å². The van der Waals surface area contributed by atoms with Gasteiger partial charge in [0, 0.05) is 6.07 Å². The second kappa shape index (κ2) is 5.31. The van der Waals surface area contributed by atoms with E-state index in [9.17, 15) is 23.3 Å². The SMILES string of the molecule is NC1=NN=C(N)C1=NNc1ccc([N+](=O)[O-])c(C(F)(F)F)c1. The number of nitrogens with two attached hydrogens (primary N) is 2. The molecular weight excluding hydrogens is 307 g/mol. The third-order valence-electron chi connectivity index (χ3n) is 2.55. The van der Waals surface area contributed by atoms with Gasteiger partial charge in [0.1, 0.15) is 5.56 Å². The molecule has 0 unspecified atom stereocenters. The monoisotopic (exact) mass is 315 g/mol. The summed E-state index contributed by atoms with van der Waals surface area (Å²) in [5, 5.41) is 21.1. The Kier molecular flexibility index (Phi) is 3.67. The highest BCUT2D eigenvalue weighted by Crippen LogP contribution is 2.37. The maximum Gasteiger partial charge on any atom is 0.423 e. The summed E-state index contributed by atoms with van der Waals surface area (Å²) in [4.78, 5) is 9.51. The van der Waals surface area contributed by atoms with Gasteiger partial charge in [0.05, 0.1) is 10.6 Å². The van der Waals surface area contributed by atoms with Crippen molar-refractivity contribution in [2.24, 2.45) is 26.8 Å². The number of nitro benzene ring substituents is 1. The van der Waals surface area contributed by atoms with Crippen LogP contribution in [0.25, 0.3) is 0 Å². The van der Waals surface area contributed by atoms with E-state index in [0.717, 1.165) is 12.1 Å². The molecule has 5 N–H and O–H groups in total. The van der Waals surface area contributed by atoms with Gasteiger partial charge < -0.3 is 11.5 Å². The Balaban J connectivity index is 2.34. The summed E-state index contributed by atoms with van der Waals surface area (Å²) in [5.74, 6) is -0.217. The van der Waals surface area contributed by atoms with E-state index >= 15 is 0 Å². The minimum atomic E-state index is -4.89. The van der Waals surface area contributed by atoms with Crippen LogP contribution in [0.3, 0.4) is 0 Å². The second-order valence-corrected chi connectivity index (χ2v) is 4.03. The van der Waals surface area contributed by atoms with Crippen molar-refractivity contribution < 1.29 is 18.1 Å². The van der Waals surface area contributed by atoms with E-state index in [4.69, 9.17) is 11.5 Å². The Morgan fingerprint density at radius 1 is 1.23 bits per heavy atom. The zero-order valence-corrected chi connectivity index (χ0v) is 10.6. The molecule has 0 saturated heterocycles. The molecule has 0 atom stereocenters. The Bertz CT molecular complexity index is 704. The highest BCUT2D eigenvalue weighted by atomic mass is 19.4. The maximum absolute atomic E-state index is 12.8. The lowest BCUT2D eigenvalue weighted by molar-refractivity contribution is -0.388. The van der Waals surface area contributed by atoms with E-state index < -0.39 is 22.4 Å². The third kappa shape index (κ3) is 2.94. The Hall–Kier alpha value is -3.18. The number of anilines is 1. The summed E-state index contributed by atoms with van der Waals surface area (Å²) in [6, 6.07) is 2.33. The Morgan fingerprint density at radius 2 is 1.82 bits per heavy atom. The fourth-order valence-corrected chi connectivity index (χ4v) is 1.56. The van der Waals surface area contributed by atoms with Gasteiger partial charge in [0.15, 0.2) is 17.4 Å². The number of amidine groups is 2. The van der Waals surface area contributed by atoms with Gasteiger partial charge in [-0.15, -0.1) is 10.2 Å². The fourth-order valence-electron chi connectivity index (χ4n) is 1.56. The summed E-state index contributed by atoms with van der Waals surface area (Å²) in [7, 11) is 0. The number of alkyl halides is 3. The van der Waals surface area contributed by atoms with Crippen molar-refractivity contribution in [1.29, 1.82) is 0 Å². The van der Waals surface area contributed by atoms with Crippen molar-refractivity contribution in [3.8, 4) is 0 Å². The molecule has 0 amide bonds. The number of hydrazone groups is 1. The summed E-state index contributed by atoms with van der Waals surface area (Å²) < 4.78 is 38.4. The molecule has 0 spiro atoms. The van der Waals surface area contributed by atoms with Crippen molar-refractivity contribution in [3.63, 3.8) is 0 Å². The highest BCUT2D eigenvalue weighted by molar-refractivity contribution is 6.68. The molecule has 0 fully saturated rings. The number of hydrogen-bond acceptors (Lipinski definition) is 8. The molecule has 0 saturated carbocycles. The molecule has 9 nitrogen and oxygen atoms in total. The molecule has 0 aliphatic carbocycles. The van der Waals surface area contributed by atoms with E-state index in [2.05, 4.69) is 20.7 Å². The van der Waals surface area contributed by atoms with Crippen LogP contribution < -0.4 is 16.9 Å². The van der Waals surface area contributed by atoms with Gasteiger partial charge in [-0.3, -0.25) is 15.5 Å². The average molecular weight is 315 g/mol. The summed E-state index contributed by atoms with van der Waals surface area (Å²) in [5.41, 5.74) is 10.5. The van der Waals surface area contributed by atoms with Crippen molar-refractivity contribution in [2.75, 3.05) is 5.43 Å². The minimum Gasteiger partial charge on any atom is -0.380 e. The molecule has 1 aliphatic heterocycles. The summed E-state index contributed by atoms with van der Waals surface area (Å²) >= 11 is 0. The molecular formula is C10H8F3N7O2. The zero-order chi connectivity index (χ0) is 16.5. The predicted octanol–water partition coefficient (Wildman–Crippen LogP) is 1.02. The predicted molar refractivity (Wildman–Crippen MR) is 72.4 cm³/mol. The van der Waals surface area contributed by atoms with Gasteiger partial charge in [-0.25, -0.2) is 0 Å². The zero-order valence-electron chi connectivity index (χ0n) is 10.6. The van der Waals surface area contributed by atoms with Crippen LogP contribution in [0.5, 0.6) is 0 Å². The van der Waals surface area contributed by atoms with Gasteiger partial charge in [0.25, 0.3) is 5.69 Å². The number of nitro groups is 1. The molecule has 116 valence electrons. The molecule has 1 aliphatic rings. The van der Waals surface area contributed by atoms with Crippen LogP contribution >= 0.6 is 0 Å². The molecule has 0 aromatic heterocycles. The number of benzene rings is 1. The molecule has 1 aromatic carbocycles. The van der Waals surface area contributed by atoms with Crippen LogP contribution in [0.15, 0.2) is 33.5 Å². The van der Waals surface area contributed by atoms with E-state index in [1.165, 1.54) is 0 Å². The van der Waals surface area contributed by atoms with Crippen molar-refractivity contribution in [1.82, 2.24) is 0 Å². The first-order valence-corrected chi connectivity index (χ1v) is 5.57. The lowest BCUT2D eigenvalue weighted by Crippen LogP contribution is -2.32.